The summed E-state index contributed by atoms with van der Waals surface area (Å²) in [6, 6.07) is 0. The molecule has 16 heavy (non-hydrogen) atoms. The molecule has 0 bridgehead atoms. The minimum Gasteiger partial charge on any atom is -0.133 e. The molecule has 0 aliphatic heterocycles. The number of hydrogen-bond acceptors (Lipinski definition) is 0. The molecule has 1 rings (SSSR count). The first-order chi connectivity index (χ1) is 7.79. The van der Waals surface area contributed by atoms with Crippen LogP contribution in [0.1, 0.15) is 32.6 Å². The molecule has 0 radical (unpaired) electrons. The molecule has 0 aromatic heterocycles. The van der Waals surface area contributed by atoms with E-state index in [1.165, 1.54) is 12.8 Å². The van der Waals surface area contributed by atoms with Gasteiger partial charge in [0.1, 0.15) is 0 Å². The third-order valence-electron chi connectivity index (χ3n) is 3.37. The zero-order chi connectivity index (χ0) is 11.8. The topological polar surface area (TPSA) is 0 Å². The maximum atomic E-state index is 3.67. The highest BCUT2D eigenvalue weighted by Crippen LogP contribution is 2.40. The summed E-state index contributed by atoms with van der Waals surface area (Å²) in [5, 5.41) is 0. The van der Waals surface area contributed by atoms with Gasteiger partial charge in [-0.2, -0.15) is 0 Å². The summed E-state index contributed by atoms with van der Waals surface area (Å²) in [4.78, 5) is 0. The molecule has 0 aromatic carbocycles. The Bertz CT molecular complexity index is 324. The monoisotopic (exact) mass is 214 g/mol. The molecule has 0 nitrogen and oxygen atoms in total. The molecule has 0 heteroatoms. The molecule has 0 heterocycles. The second-order valence-electron chi connectivity index (χ2n) is 4.45. The lowest BCUT2D eigenvalue weighted by Crippen LogP contribution is -2.24. The fourth-order valence-electron chi connectivity index (χ4n) is 2.19. The first-order valence-electron chi connectivity index (χ1n) is 6.10. The molecule has 1 aliphatic carbocycles. The van der Waals surface area contributed by atoms with Crippen LogP contribution >= 0.6 is 0 Å². The molecule has 0 unspecified atom stereocenters. The minimum atomic E-state index is 0.793. The van der Waals surface area contributed by atoms with E-state index in [4.69, 9.17) is 0 Å². The van der Waals surface area contributed by atoms with E-state index in [0.717, 1.165) is 24.7 Å². The minimum absolute atomic E-state index is 0.793. The van der Waals surface area contributed by atoms with Gasteiger partial charge in [-0.05, 0) is 43.6 Å². The Morgan fingerprint density at radius 1 is 1.44 bits per heavy atom. The quantitative estimate of drug-likeness (QED) is 0.338. The summed E-state index contributed by atoms with van der Waals surface area (Å²) >= 11 is 0. The molecule has 0 N–H and O–H groups in total. The van der Waals surface area contributed by atoms with E-state index in [0.29, 0.717) is 0 Å². The Morgan fingerprint density at radius 3 is 2.75 bits per heavy atom. The van der Waals surface area contributed by atoms with Crippen molar-refractivity contribution < 1.29 is 0 Å². The Labute approximate surface area is 99.8 Å². The van der Waals surface area contributed by atoms with Gasteiger partial charge in [-0.1, -0.05) is 50.0 Å². The smallest absolute Gasteiger partial charge is 0.00598 e. The normalized spacial score (nSPS) is 24.9. The van der Waals surface area contributed by atoms with Gasteiger partial charge in [0.2, 0.25) is 0 Å². The van der Waals surface area contributed by atoms with Crippen LogP contribution in [-0.4, -0.2) is 0 Å². The molecule has 1 aliphatic rings. The largest absolute Gasteiger partial charge is 0.133 e. The fourth-order valence-corrected chi connectivity index (χ4v) is 2.19. The van der Waals surface area contributed by atoms with Crippen molar-refractivity contribution in [2.75, 3.05) is 0 Å². The Balaban J connectivity index is 2.58. The van der Waals surface area contributed by atoms with E-state index in [2.05, 4.69) is 38.0 Å². The van der Waals surface area contributed by atoms with E-state index in [1.54, 1.807) is 5.57 Å². The van der Waals surface area contributed by atoms with Crippen molar-refractivity contribution in [2.45, 2.75) is 32.6 Å². The SMILES string of the molecule is C=C=CC/C(=C/C/C=C\C=C)[C@H]1CC[C@@H]1C. The van der Waals surface area contributed by atoms with Gasteiger partial charge in [-0.15, -0.1) is 5.73 Å². The Kier molecular flexibility index (Phi) is 5.67. The molecule has 2 atom stereocenters. The standard InChI is InChI=1S/C16H22/c1-4-6-8-9-11-15(10-7-5-2)16-13-12-14(16)3/h4,6-8,11,14,16H,1-2,9-10,12-13H2,3H3/b8-6-,15-11-/t14-,16-/m0/s1. The molecular weight excluding hydrogens is 192 g/mol. The zero-order valence-corrected chi connectivity index (χ0v) is 10.3. The van der Waals surface area contributed by atoms with Crippen molar-refractivity contribution in [3.63, 3.8) is 0 Å². The second-order valence-corrected chi connectivity index (χ2v) is 4.45. The van der Waals surface area contributed by atoms with Gasteiger partial charge in [-0.25, -0.2) is 0 Å². The summed E-state index contributed by atoms with van der Waals surface area (Å²) in [6.45, 7) is 9.65. The van der Waals surface area contributed by atoms with Gasteiger partial charge >= 0.3 is 0 Å². The van der Waals surface area contributed by atoms with Gasteiger partial charge in [0.05, 0.1) is 0 Å². The molecule has 0 spiro atoms. The van der Waals surface area contributed by atoms with E-state index < -0.39 is 0 Å². The maximum Gasteiger partial charge on any atom is -0.00598 e. The molecule has 1 saturated carbocycles. The lowest BCUT2D eigenvalue weighted by Gasteiger charge is -2.35. The predicted molar refractivity (Wildman–Crippen MR) is 72.3 cm³/mol. The van der Waals surface area contributed by atoms with Crippen LogP contribution in [0, 0.1) is 11.8 Å². The van der Waals surface area contributed by atoms with Crippen LogP contribution in [-0.2, 0) is 0 Å². The molecule has 86 valence electrons. The highest BCUT2D eigenvalue weighted by molar-refractivity contribution is 5.16. The summed E-state index contributed by atoms with van der Waals surface area (Å²) < 4.78 is 0. The van der Waals surface area contributed by atoms with Gasteiger partial charge in [-0.3, -0.25) is 0 Å². The van der Waals surface area contributed by atoms with E-state index >= 15 is 0 Å². The average Bonchev–Trinajstić information content (AvgIpc) is 2.29. The number of rotatable bonds is 6. The van der Waals surface area contributed by atoms with Gasteiger partial charge in [0.15, 0.2) is 0 Å². The summed E-state index contributed by atoms with van der Waals surface area (Å²) in [6.07, 6.45) is 15.1. The van der Waals surface area contributed by atoms with Gasteiger partial charge in [0, 0.05) is 0 Å². The van der Waals surface area contributed by atoms with Crippen LogP contribution in [0.25, 0.3) is 0 Å². The lowest BCUT2D eigenvalue weighted by atomic mass is 9.70. The van der Waals surface area contributed by atoms with Crippen molar-refractivity contribution in [2.24, 2.45) is 11.8 Å². The van der Waals surface area contributed by atoms with Crippen molar-refractivity contribution in [1.82, 2.24) is 0 Å². The van der Waals surface area contributed by atoms with Crippen LogP contribution in [0.4, 0.5) is 0 Å². The third-order valence-corrected chi connectivity index (χ3v) is 3.37. The third kappa shape index (κ3) is 3.72. The summed E-state index contributed by atoms with van der Waals surface area (Å²) in [5.74, 6) is 1.65. The first-order valence-corrected chi connectivity index (χ1v) is 6.10. The van der Waals surface area contributed by atoms with Gasteiger partial charge in [0.25, 0.3) is 0 Å². The molecule has 0 saturated heterocycles. The van der Waals surface area contributed by atoms with Crippen molar-refractivity contribution in [3.05, 3.63) is 54.8 Å². The lowest BCUT2D eigenvalue weighted by molar-refractivity contribution is 0.234. The highest BCUT2D eigenvalue weighted by atomic mass is 14.3. The molecule has 1 fully saturated rings. The van der Waals surface area contributed by atoms with Crippen LogP contribution in [0.5, 0.6) is 0 Å². The molecule has 0 aromatic rings. The fraction of sp³-hybridized carbons (Fsp3) is 0.438. The second kappa shape index (κ2) is 7.09. The number of allylic oxidation sites excluding steroid dienone is 6. The van der Waals surface area contributed by atoms with Crippen molar-refractivity contribution >= 4 is 0 Å². The van der Waals surface area contributed by atoms with Crippen LogP contribution in [0.2, 0.25) is 0 Å². The molecular formula is C16H22. The van der Waals surface area contributed by atoms with E-state index in [9.17, 15) is 0 Å². The average molecular weight is 214 g/mol. The number of hydrogen-bond donors (Lipinski definition) is 0. The van der Waals surface area contributed by atoms with E-state index in [-0.39, 0.29) is 0 Å². The van der Waals surface area contributed by atoms with E-state index in [1.807, 2.05) is 18.2 Å². The molecule has 0 amide bonds. The Hall–Kier alpha value is -1.26. The summed E-state index contributed by atoms with van der Waals surface area (Å²) in [5.41, 5.74) is 4.43. The zero-order valence-electron chi connectivity index (χ0n) is 10.3. The van der Waals surface area contributed by atoms with Crippen LogP contribution < -0.4 is 0 Å². The van der Waals surface area contributed by atoms with Crippen molar-refractivity contribution in [3.8, 4) is 0 Å². The predicted octanol–water partition coefficient (Wildman–Crippen LogP) is 4.82. The first kappa shape index (κ1) is 12.8. The maximum absolute atomic E-state index is 3.67. The van der Waals surface area contributed by atoms with Crippen LogP contribution in [0.15, 0.2) is 54.8 Å². The highest BCUT2D eigenvalue weighted by Gasteiger charge is 2.28. The Morgan fingerprint density at radius 2 is 2.25 bits per heavy atom. The van der Waals surface area contributed by atoms with Gasteiger partial charge < -0.3 is 0 Å². The van der Waals surface area contributed by atoms with Crippen LogP contribution in [0.3, 0.4) is 0 Å². The van der Waals surface area contributed by atoms with Crippen molar-refractivity contribution in [1.29, 1.82) is 0 Å². The summed E-state index contributed by atoms with van der Waals surface area (Å²) in [7, 11) is 0.